The van der Waals surface area contributed by atoms with Crippen molar-refractivity contribution in [3.05, 3.63) is 66.4 Å². The number of carbonyl (C=O) groups is 2. The molecule has 5 heteroatoms. The molecule has 3 rings (SSSR count). The van der Waals surface area contributed by atoms with Gasteiger partial charge in [-0.15, -0.1) is 0 Å². The number of alkyl halides is 1. The first-order valence-electron chi connectivity index (χ1n) is 6.93. The molecule has 0 saturated heterocycles. The van der Waals surface area contributed by atoms with Crippen LogP contribution in [-0.2, 0) is 9.53 Å². The number of carbonyl (C=O) groups excluding carboxylic acids is 2. The Labute approximate surface area is 131 Å². The van der Waals surface area contributed by atoms with Crippen molar-refractivity contribution in [3.63, 3.8) is 0 Å². The van der Waals surface area contributed by atoms with Gasteiger partial charge in [0, 0.05) is 17.1 Å². The van der Waals surface area contributed by atoms with E-state index in [1.807, 2.05) is 54.6 Å². The summed E-state index contributed by atoms with van der Waals surface area (Å²) < 4.78 is 17.9. The van der Waals surface area contributed by atoms with E-state index >= 15 is 0 Å². The molecule has 1 aromatic heterocycles. The van der Waals surface area contributed by atoms with Crippen LogP contribution in [0.3, 0.4) is 0 Å². The molecule has 0 aliphatic rings. The van der Waals surface area contributed by atoms with Crippen LogP contribution < -0.4 is 0 Å². The molecule has 0 bridgehead atoms. The zero-order valence-corrected chi connectivity index (χ0v) is 12.0. The molecule has 0 radical (unpaired) electrons. The van der Waals surface area contributed by atoms with Gasteiger partial charge in [0.15, 0.2) is 0 Å². The number of halogens is 1. The Morgan fingerprint density at radius 3 is 2.52 bits per heavy atom. The van der Waals surface area contributed by atoms with Crippen LogP contribution in [0.1, 0.15) is 10.4 Å². The zero-order chi connectivity index (χ0) is 16.2. The van der Waals surface area contributed by atoms with E-state index in [1.54, 1.807) is 0 Å². The fraction of sp³-hybridized carbons (Fsp3) is 0.0556. The summed E-state index contributed by atoms with van der Waals surface area (Å²) >= 11 is 0. The highest BCUT2D eigenvalue weighted by Crippen LogP contribution is 2.32. The molecule has 2 aromatic carbocycles. The molecule has 114 valence electrons. The third kappa shape index (κ3) is 2.81. The summed E-state index contributed by atoms with van der Waals surface area (Å²) in [5.41, 5.74) is 2.09. The minimum absolute atomic E-state index is 0.0734. The molecule has 0 saturated carbocycles. The van der Waals surface area contributed by atoms with Crippen LogP contribution >= 0.6 is 0 Å². The molecule has 1 atom stereocenters. The third-order valence-corrected chi connectivity index (χ3v) is 3.48. The smallest absolute Gasteiger partial charge is 0.303 e. The van der Waals surface area contributed by atoms with E-state index in [4.69, 9.17) is 0 Å². The molecule has 0 aliphatic carbocycles. The van der Waals surface area contributed by atoms with E-state index < -0.39 is 12.1 Å². The molecule has 0 spiro atoms. The maximum atomic E-state index is 13.7. The normalized spacial score (nSPS) is 11.9. The number of rotatable bonds is 5. The number of hydrogen-bond acceptors (Lipinski definition) is 4. The number of para-hydroxylation sites is 1. The second-order valence-electron chi connectivity index (χ2n) is 4.84. The summed E-state index contributed by atoms with van der Waals surface area (Å²) in [5, 5.41) is 0.725. The van der Waals surface area contributed by atoms with E-state index in [1.165, 1.54) is 6.20 Å². The molecule has 0 N–H and O–H groups in total. The van der Waals surface area contributed by atoms with E-state index in [0.29, 0.717) is 11.1 Å². The van der Waals surface area contributed by atoms with Crippen LogP contribution in [-0.4, -0.2) is 23.6 Å². The van der Waals surface area contributed by atoms with Crippen molar-refractivity contribution < 1.29 is 18.7 Å². The number of ether oxygens (including phenoxy) is 1. The second kappa shape index (κ2) is 6.36. The lowest BCUT2D eigenvalue weighted by atomic mass is 9.94. The Bertz CT molecular complexity index is 865. The Kier molecular flexibility index (Phi) is 4.10. The molecule has 3 aromatic rings. The summed E-state index contributed by atoms with van der Waals surface area (Å²) in [4.78, 5) is 26.8. The molecule has 23 heavy (non-hydrogen) atoms. The lowest BCUT2D eigenvalue weighted by Gasteiger charge is -2.13. The number of aromatic nitrogens is 1. The molecule has 4 nitrogen and oxygen atoms in total. The fourth-order valence-electron chi connectivity index (χ4n) is 2.48. The summed E-state index contributed by atoms with van der Waals surface area (Å²) in [6.45, 7) is -0.0841. The molecule has 1 heterocycles. The van der Waals surface area contributed by atoms with Crippen LogP contribution in [0.5, 0.6) is 0 Å². The number of pyridine rings is 1. The lowest BCUT2D eigenvalue weighted by Crippen LogP contribution is -2.20. The second-order valence-corrected chi connectivity index (χ2v) is 4.84. The topological polar surface area (TPSA) is 56.3 Å². The van der Waals surface area contributed by atoms with Crippen molar-refractivity contribution in [2.24, 2.45) is 0 Å². The van der Waals surface area contributed by atoms with Gasteiger partial charge in [-0.1, -0.05) is 48.5 Å². The lowest BCUT2D eigenvalue weighted by molar-refractivity contribution is -0.137. The van der Waals surface area contributed by atoms with Gasteiger partial charge in [0.05, 0.1) is 11.1 Å². The summed E-state index contributed by atoms with van der Waals surface area (Å²) in [7, 11) is 0. The number of hydrogen-bond donors (Lipinski definition) is 0. The predicted molar refractivity (Wildman–Crippen MR) is 83.6 cm³/mol. The van der Waals surface area contributed by atoms with E-state index in [9.17, 15) is 14.0 Å². The first kappa shape index (κ1) is 14.8. The molecule has 0 fully saturated rings. The van der Waals surface area contributed by atoms with Gasteiger partial charge >= 0.3 is 6.36 Å². The third-order valence-electron chi connectivity index (χ3n) is 3.48. The van der Waals surface area contributed by atoms with Gasteiger partial charge in [-0.2, -0.15) is 4.39 Å². The molecular weight excluding hydrogens is 297 g/mol. The molecule has 0 amide bonds. The highest BCUT2D eigenvalue weighted by Gasteiger charge is 2.25. The average Bonchev–Trinajstić information content (AvgIpc) is 2.61. The minimum Gasteiger partial charge on any atom is -0.425 e. The number of benzene rings is 2. The van der Waals surface area contributed by atoms with Gasteiger partial charge in [0.25, 0.3) is 6.47 Å². The Morgan fingerprint density at radius 2 is 1.78 bits per heavy atom. The van der Waals surface area contributed by atoms with Crippen molar-refractivity contribution in [3.8, 4) is 11.1 Å². The van der Waals surface area contributed by atoms with Crippen molar-refractivity contribution >= 4 is 23.2 Å². The van der Waals surface area contributed by atoms with Gasteiger partial charge in [-0.3, -0.25) is 14.6 Å². The number of fused-ring (bicyclic) bond motifs is 1. The Hall–Kier alpha value is -3.08. The fourth-order valence-corrected chi connectivity index (χ4v) is 2.48. The van der Waals surface area contributed by atoms with Gasteiger partial charge in [0.2, 0.25) is 5.78 Å². The first-order chi connectivity index (χ1) is 11.2. The highest BCUT2D eigenvalue weighted by molar-refractivity contribution is 6.10. The predicted octanol–water partition coefficient (Wildman–Crippen LogP) is 3.55. The monoisotopic (exact) mass is 309 g/mol. The number of ketones is 1. The highest BCUT2D eigenvalue weighted by atomic mass is 19.1. The minimum atomic E-state index is -2.35. The van der Waals surface area contributed by atoms with Crippen molar-refractivity contribution in [1.29, 1.82) is 0 Å². The van der Waals surface area contributed by atoms with Crippen molar-refractivity contribution in [2.75, 3.05) is 0 Å². The van der Waals surface area contributed by atoms with E-state index in [-0.39, 0.29) is 12.0 Å². The van der Waals surface area contributed by atoms with Gasteiger partial charge in [0.1, 0.15) is 0 Å². The van der Waals surface area contributed by atoms with Crippen LogP contribution in [0.4, 0.5) is 4.39 Å². The summed E-state index contributed by atoms with van der Waals surface area (Å²) in [6.07, 6.45) is -1.04. The molecular formula is C18H12FNO3. The zero-order valence-electron chi connectivity index (χ0n) is 12.0. The van der Waals surface area contributed by atoms with Crippen molar-refractivity contribution in [1.82, 2.24) is 4.98 Å². The Morgan fingerprint density at radius 1 is 1.09 bits per heavy atom. The van der Waals surface area contributed by atoms with Gasteiger partial charge in [-0.25, -0.2) is 0 Å². The summed E-state index contributed by atoms with van der Waals surface area (Å²) in [6, 6.07) is 16.4. The standard InChI is InChI=1S/C18H12FNO3/c19-18(23-11-21)17(22)14-10-20-15-9-5-4-8-13(15)16(14)12-6-2-1-3-7-12/h1-11,18H. The van der Waals surface area contributed by atoms with E-state index in [2.05, 4.69) is 9.72 Å². The van der Waals surface area contributed by atoms with Gasteiger partial charge in [-0.05, 0) is 11.6 Å². The quantitative estimate of drug-likeness (QED) is 0.534. The largest absolute Gasteiger partial charge is 0.425 e. The maximum absolute atomic E-state index is 13.7. The number of nitrogens with zero attached hydrogens (tertiary/aromatic N) is 1. The molecule has 1 unspecified atom stereocenters. The van der Waals surface area contributed by atoms with Gasteiger partial charge < -0.3 is 4.74 Å². The maximum Gasteiger partial charge on any atom is 0.303 e. The van der Waals surface area contributed by atoms with Crippen LogP contribution in [0.15, 0.2) is 60.8 Å². The number of Topliss-reactive ketones (excluding diaryl/α,β-unsaturated/α-hetero) is 1. The van der Waals surface area contributed by atoms with Crippen LogP contribution in [0.2, 0.25) is 0 Å². The first-order valence-corrected chi connectivity index (χ1v) is 6.93. The van der Waals surface area contributed by atoms with Crippen LogP contribution in [0, 0.1) is 0 Å². The van der Waals surface area contributed by atoms with Crippen molar-refractivity contribution in [2.45, 2.75) is 6.36 Å². The van der Waals surface area contributed by atoms with E-state index in [0.717, 1.165) is 10.9 Å². The SMILES string of the molecule is O=COC(F)C(=O)c1cnc2ccccc2c1-c1ccccc1. The Balaban J connectivity index is 2.26. The van der Waals surface area contributed by atoms with Crippen LogP contribution in [0.25, 0.3) is 22.0 Å². The average molecular weight is 309 g/mol. The molecule has 0 aliphatic heterocycles. The summed E-state index contributed by atoms with van der Waals surface area (Å²) in [5.74, 6) is -0.936.